The van der Waals surface area contributed by atoms with E-state index in [9.17, 15) is 4.79 Å². The van der Waals surface area contributed by atoms with E-state index in [0.29, 0.717) is 23.0 Å². The molecule has 25 heavy (non-hydrogen) atoms. The second-order valence-corrected chi connectivity index (χ2v) is 6.97. The highest BCUT2D eigenvalue weighted by molar-refractivity contribution is 6.30. The number of aromatic nitrogens is 1. The van der Waals surface area contributed by atoms with Crippen molar-refractivity contribution in [2.75, 3.05) is 6.61 Å². The number of benzene rings is 2. The van der Waals surface area contributed by atoms with E-state index in [2.05, 4.69) is 4.57 Å². The number of nitrogens with zero attached hydrogens (tertiary/aromatic N) is 1. The highest BCUT2D eigenvalue weighted by atomic mass is 35.5. The van der Waals surface area contributed by atoms with Crippen LogP contribution in [0.5, 0.6) is 5.75 Å². The van der Waals surface area contributed by atoms with Crippen LogP contribution in [0, 0.1) is 5.92 Å². The number of hydrogen-bond donors (Lipinski definition) is 1. The molecule has 1 fully saturated rings. The Labute approximate surface area is 150 Å². The number of halogens is 1. The van der Waals surface area contributed by atoms with E-state index in [1.807, 2.05) is 36.5 Å². The molecule has 0 atom stereocenters. The zero-order valence-corrected chi connectivity index (χ0v) is 14.4. The van der Waals surface area contributed by atoms with E-state index in [-0.39, 0.29) is 0 Å². The Morgan fingerprint density at radius 3 is 2.80 bits per heavy atom. The third kappa shape index (κ3) is 3.49. The van der Waals surface area contributed by atoms with Crippen LogP contribution in [0.2, 0.25) is 5.02 Å². The van der Waals surface area contributed by atoms with Gasteiger partial charge in [-0.3, -0.25) is 0 Å². The molecule has 4 rings (SSSR count). The van der Waals surface area contributed by atoms with Crippen LogP contribution in [0.4, 0.5) is 0 Å². The van der Waals surface area contributed by atoms with Crippen LogP contribution in [0.3, 0.4) is 0 Å². The van der Waals surface area contributed by atoms with E-state index in [1.54, 1.807) is 12.1 Å². The second-order valence-electron chi connectivity index (χ2n) is 6.53. The van der Waals surface area contributed by atoms with Crippen LogP contribution in [-0.4, -0.2) is 22.2 Å². The molecule has 0 bridgehead atoms. The quantitative estimate of drug-likeness (QED) is 0.689. The van der Waals surface area contributed by atoms with Gasteiger partial charge in [0, 0.05) is 27.7 Å². The maximum atomic E-state index is 11.1. The van der Waals surface area contributed by atoms with Crippen molar-refractivity contribution in [1.82, 2.24) is 4.57 Å². The van der Waals surface area contributed by atoms with E-state index in [1.165, 1.54) is 12.8 Å². The Hall–Kier alpha value is -2.46. The van der Waals surface area contributed by atoms with Gasteiger partial charge in [-0.1, -0.05) is 11.6 Å². The average Bonchev–Trinajstić information content (AvgIpc) is 3.34. The average molecular weight is 356 g/mol. The molecule has 1 aliphatic rings. The molecule has 128 valence electrons. The number of carboxylic acids is 1. The zero-order chi connectivity index (χ0) is 17.4. The monoisotopic (exact) mass is 355 g/mol. The number of rotatable bonds is 6. The first-order valence-electron chi connectivity index (χ1n) is 8.33. The SMILES string of the molecule is O=C(O)c1ccc2c(ccn2Cc2cc(Cl)ccc2OCC2CC2)c1. The van der Waals surface area contributed by atoms with E-state index >= 15 is 0 Å². The molecule has 0 aliphatic heterocycles. The van der Waals surface area contributed by atoms with Gasteiger partial charge in [-0.2, -0.15) is 0 Å². The van der Waals surface area contributed by atoms with Crippen molar-refractivity contribution >= 4 is 28.5 Å². The maximum Gasteiger partial charge on any atom is 0.335 e. The summed E-state index contributed by atoms with van der Waals surface area (Å²) in [6, 6.07) is 12.8. The molecule has 0 amide bonds. The molecule has 3 aromatic rings. The van der Waals surface area contributed by atoms with Crippen molar-refractivity contribution in [2.45, 2.75) is 19.4 Å². The molecule has 5 heteroatoms. The van der Waals surface area contributed by atoms with Crippen LogP contribution >= 0.6 is 11.6 Å². The predicted molar refractivity (Wildman–Crippen MR) is 97.7 cm³/mol. The molecular formula is C20H18ClNO3. The minimum atomic E-state index is -0.916. The molecule has 0 spiro atoms. The first-order valence-corrected chi connectivity index (χ1v) is 8.71. The minimum absolute atomic E-state index is 0.293. The molecule has 2 aromatic carbocycles. The summed E-state index contributed by atoms with van der Waals surface area (Å²) in [5.74, 6) is 0.630. The fourth-order valence-electron chi connectivity index (χ4n) is 2.96. The fraction of sp³-hybridized carbons (Fsp3) is 0.250. The molecule has 1 aromatic heterocycles. The van der Waals surface area contributed by atoms with Crippen LogP contribution < -0.4 is 4.74 Å². The summed E-state index contributed by atoms with van der Waals surface area (Å²) in [5.41, 5.74) is 2.30. The van der Waals surface area contributed by atoms with Gasteiger partial charge in [0.15, 0.2) is 0 Å². The van der Waals surface area contributed by atoms with Crippen LogP contribution in [0.25, 0.3) is 10.9 Å². The molecular weight excluding hydrogens is 338 g/mol. The minimum Gasteiger partial charge on any atom is -0.493 e. The number of fused-ring (bicyclic) bond motifs is 1. The lowest BCUT2D eigenvalue weighted by atomic mass is 10.1. The summed E-state index contributed by atoms with van der Waals surface area (Å²) in [7, 11) is 0. The maximum absolute atomic E-state index is 11.1. The summed E-state index contributed by atoms with van der Waals surface area (Å²) in [5, 5.41) is 10.7. The highest BCUT2D eigenvalue weighted by Crippen LogP contribution is 2.32. The normalized spacial score (nSPS) is 14.0. The third-order valence-corrected chi connectivity index (χ3v) is 4.79. The van der Waals surface area contributed by atoms with Gasteiger partial charge >= 0.3 is 5.97 Å². The number of ether oxygens (including phenoxy) is 1. The fourth-order valence-corrected chi connectivity index (χ4v) is 3.15. The standard InChI is InChI=1S/C20H18ClNO3/c21-17-4-6-19(25-12-13-1-2-13)16(10-17)11-22-8-7-14-9-15(20(23)24)3-5-18(14)22/h3-10,13H,1-2,11-12H2,(H,23,24). The lowest BCUT2D eigenvalue weighted by molar-refractivity contribution is 0.0697. The van der Waals surface area contributed by atoms with Crippen LogP contribution in [-0.2, 0) is 6.54 Å². The summed E-state index contributed by atoms with van der Waals surface area (Å²) in [4.78, 5) is 11.1. The molecule has 4 nitrogen and oxygen atoms in total. The van der Waals surface area contributed by atoms with Gasteiger partial charge in [0.2, 0.25) is 0 Å². The van der Waals surface area contributed by atoms with Gasteiger partial charge in [0.05, 0.1) is 18.7 Å². The van der Waals surface area contributed by atoms with Gasteiger partial charge in [-0.25, -0.2) is 4.79 Å². The van der Waals surface area contributed by atoms with Crippen molar-refractivity contribution in [3.05, 3.63) is 64.8 Å². The van der Waals surface area contributed by atoms with E-state index in [0.717, 1.165) is 28.8 Å². The Bertz CT molecular complexity index is 943. The summed E-state index contributed by atoms with van der Waals surface area (Å²) in [6.07, 6.45) is 4.45. The first-order chi connectivity index (χ1) is 12.1. The Morgan fingerprint density at radius 2 is 2.04 bits per heavy atom. The van der Waals surface area contributed by atoms with Crippen molar-refractivity contribution < 1.29 is 14.6 Å². The molecule has 1 N–H and O–H groups in total. The van der Waals surface area contributed by atoms with E-state index < -0.39 is 5.97 Å². The zero-order valence-electron chi connectivity index (χ0n) is 13.6. The molecule has 1 saturated carbocycles. The molecule has 1 heterocycles. The van der Waals surface area contributed by atoms with E-state index in [4.69, 9.17) is 21.4 Å². The van der Waals surface area contributed by atoms with Crippen molar-refractivity contribution in [2.24, 2.45) is 5.92 Å². The van der Waals surface area contributed by atoms with Crippen LogP contribution in [0.1, 0.15) is 28.8 Å². The number of carbonyl (C=O) groups is 1. The summed E-state index contributed by atoms with van der Waals surface area (Å²) < 4.78 is 8.06. The van der Waals surface area contributed by atoms with Crippen molar-refractivity contribution in [3.63, 3.8) is 0 Å². The molecule has 0 saturated heterocycles. The first kappa shape index (κ1) is 16.0. The Balaban J connectivity index is 1.64. The largest absolute Gasteiger partial charge is 0.493 e. The smallest absolute Gasteiger partial charge is 0.335 e. The molecule has 0 radical (unpaired) electrons. The Morgan fingerprint density at radius 1 is 1.20 bits per heavy atom. The summed E-state index contributed by atoms with van der Waals surface area (Å²) >= 11 is 6.18. The lowest BCUT2D eigenvalue weighted by Gasteiger charge is -2.13. The van der Waals surface area contributed by atoms with Crippen molar-refractivity contribution in [3.8, 4) is 5.75 Å². The van der Waals surface area contributed by atoms with Gasteiger partial charge in [-0.05, 0) is 61.2 Å². The highest BCUT2D eigenvalue weighted by Gasteiger charge is 2.22. The third-order valence-electron chi connectivity index (χ3n) is 4.55. The summed E-state index contributed by atoms with van der Waals surface area (Å²) in [6.45, 7) is 1.37. The topological polar surface area (TPSA) is 51.5 Å². The van der Waals surface area contributed by atoms with Gasteiger partial charge in [0.1, 0.15) is 5.75 Å². The number of hydrogen-bond acceptors (Lipinski definition) is 2. The molecule has 0 unspecified atom stereocenters. The predicted octanol–water partition coefficient (Wildman–Crippen LogP) is 4.83. The number of aromatic carboxylic acids is 1. The van der Waals surface area contributed by atoms with Crippen molar-refractivity contribution in [1.29, 1.82) is 0 Å². The Kier molecular flexibility index (Phi) is 4.14. The van der Waals surface area contributed by atoms with Gasteiger partial charge in [0.25, 0.3) is 0 Å². The molecule has 1 aliphatic carbocycles. The van der Waals surface area contributed by atoms with Gasteiger partial charge in [-0.15, -0.1) is 0 Å². The van der Waals surface area contributed by atoms with Crippen LogP contribution in [0.15, 0.2) is 48.7 Å². The lowest BCUT2D eigenvalue weighted by Crippen LogP contribution is -2.05. The van der Waals surface area contributed by atoms with Gasteiger partial charge < -0.3 is 14.4 Å². The number of carboxylic acid groups (broad SMARTS) is 1. The second kappa shape index (κ2) is 6.45.